The molecule has 0 amide bonds. The Kier molecular flexibility index (Phi) is 3.28. The first kappa shape index (κ1) is 11.5. The molecule has 6 nitrogen and oxygen atoms in total. The smallest absolute Gasteiger partial charge is 0.241 e. The summed E-state index contributed by atoms with van der Waals surface area (Å²) in [6, 6.07) is 4.22. The first-order valence-corrected chi connectivity index (χ1v) is 5.42. The van der Waals surface area contributed by atoms with Gasteiger partial charge in [0, 0.05) is 0 Å². The summed E-state index contributed by atoms with van der Waals surface area (Å²) in [6.07, 6.45) is 1.09. The largest absolute Gasteiger partial charge is 0.495 e. The van der Waals surface area contributed by atoms with Crippen LogP contribution in [0.1, 0.15) is 5.56 Å². The van der Waals surface area contributed by atoms with Crippen LogP contribution in [0.4, 0.5) is 0 Å². The van der Waals surface area contributed by atoms with E-state index in [9.17, 15) is 8.42 Å². The minimum absolute atomic E-state index is 0.146. The molecule has 0 aliphatic heterocycles. The quantitative estimate of drug-likeness (QED) is 0.438. The molecule has 0 aromatic heterocycles. The van der Waals surface area contributed by atoms with Crippen LogP contribution in [0, 0.1) is 0 Å². The number of oxime groups is 1. The first-order chi connectivity index (χ1) is 6.99. The number of primary sulfonamides is 1. The molecule has 0 radical (unpaired) electrons. The van der Waals surface area contributed by atoms with Crippen LogP contribution in [0.25, 0.3) is 0 Å². The van der Waals surface area contributed by atoms with E-state index < -0.39 is 10.0 Å². The zero-order chi connectivity index (χ0) is 11.5. The van der Waals surface area contributed by atoms with Gasteiger partial charge in [-0.05, 0) is 23.8 Å². The van der Waals surface area contributed by atoms with E-state index in [4.69, 9.17) is 15.1 Å². The van der Waals surface area contributed by atoms with Crippen LogP contribution in [-0.2, 0) is 10.0 Å². The van der Waals surface area contributed by atoms with Crippen LogP contribution >= 0.6 is 0 Å². The van der Waals surface area contributed by atoms with E-state index in [1.165, 1.54) is 25.3 Å². The van der Waals surface area contributed by atoms with Crippen molar-refractivity contribution in [3.8, 4) is 5.75 Å². The molecule has 0 fully saturated rings. The fraction of sp³-hybridized carbons (Fsp3) is 0.125. The molecule has 7 heteroatoms. The summed E-state index contributed by atoms with van der Waals surface area (Å²) in [5.41, 5.74) is 0.405. The van der Waals surface area contributed by atoms with Gasteiger partial charge in [0.15, 0.2) is 0 Å². The van der Waals surface area contributed by atoms with Gasteiger partial charge in [-0.25, -0.2) is 13.6 Å². The van der Waals surface area contributed by atoms with Gasteiger partial charge in [0.05, 0.1) is 13.3 Å². The summed E-state index contributed by atoms with van der Waals surface area (Å²) < 4.78 is 27.2. The van der Waals surface area contributed by atoms with Crippen LogP contribution in [0.5, 0.6) is 5.75 Å². The topological polar surface area (TPSA) is 102 Å². The molecule has 0 aliphatic carbocycles. The van der Waals surface area contributed by atoms with Crippen molar-refractivity contribution in [2.75, 3.05) is 7.11 Å². The van der Waals surface area contributed by atoms with Crippen molar-refractivity contribution in [1.82, 2.24) is 0 Å². The maximum atomic E-state index is 11.2. The highest BCUT2D eigenvalue weighted by Crippen LogP contribution is 2.22. The molecule has 0 saturated carbocycles. The first-order valence-electron chi connectivity index (χ1n) is 3.87. The van der Waals surface area contributed by atoms with Gasteiger partial charge < -0.3 is 9.94 Å². The molecule has 0 unspecified atom stereocenters. The Morgan fingerprint density at radius 1 is 1.53 bits per heavy atom. The molecular formula is C8H10N2O4S. The number of ether oxygens (including phenoxy) is 1. The minimum Gasteiger partial charge on any atom is -0.495 e. The number of hydrogen-bond donors (Lipinski definition) is 2. The van der Waals surface area contributed by atoms with E-state index in [0.717, 1.165) is 6.21 Å². The van der Waals surface area contributed by atoms with Gasteiger partial charge in [-0.2, -0.15) is 0 Å². The Labute approximate surface area is 87.0 Å². The third-order valence-electron chi connectivity index (χ3n) is 1.70. The Bertz CT molecular complexity index is 481. The fourth-order valence-electron chi connectivity index (χ4n) is 1.06. The predicted molar refractivity (Wildman–Crippen MR) is 53.7 cm³/mol. The van der Waals surface area contributed by atoms with Gasteiger partial charge >= 0.3 is 0 Å². The molecule has 0 atom stereocenters. The molecule has 0 bridgehead atoms. The van der Waals surface area contributed by atoms with Gasteiger partial charge in [0.25, 0.3) is 0 Å². The number of hydrogen-bond acceptors (Lipinski definition) is 5. The standard InChI is InChI=1S/C8H10N2O4S/c1-14-7-3-2-6(5-10-11)4-8(7)15(9,12)13/h2-5,11H,1H3,(H2,9,12,13). The molecule has 3 N–H and O–H groups in total. The number of methoxy groups -OCH3 is 1. The summed E-state index contributed by atoms with van der Waals surface area (Å²) in [7, 11) is -2.52. The zero-order valence-corrected chi connectivity index (χ0v) is 8.73. The molecule has 0 saturated heterocycles. The van der Waals surface area contributed by atoms with Crippen molar-refractivity contribution < 1.29 is 18.4 Å². The van der Waals surface area contributed by atoms with E-state index in [1.807, 2.05) is 0 Å². The van der Waals surface area contributed by atoms with Crippen LogP contribution in [0.3, 0.4) is 0 Å². The predicted octanol–water partition coefficient (Wildman–Crippen LogP) is 0.151. The molecule has 82 valence electrons. The maximum Gasteiger partial charge on any atom is 0.241 e. The fourth-order valence-corrected chi connectivity index (χ4v) is 1.79. The Morgan fingerprint density at radius 3 is 2.67 bits per heavy atom. The van der Waals surface area contributed by atoms with Crippen LogP contribution < -0.4 is 9.88 Å². The monoisotopic (exact) mass is 230 g/mol. The van der Waals surface area contributed by atoms with Crippen molar-refractivity contribution in [2.45, 2.75) is 4.90 Å². The van der Waals surface area contributed by atoms with Crippen molar-refractivity contribution >= 4 is 16.2 Å². The minimum atomic E-state index is -3.85. The molecular weight excluding hydrogens is 220 g/mol. The molecule has 0 aliphatic rings. The average molecular weight is 230 g/mol. The van der Waals surface area contributed by atoms with Crippen molar-refractivity contribution in [2.24, 2.45) is 10.3 Å². The third kappa shape index (κ3) is 2.67. The second kappa shape index (κ2) is 4.28. The van der Waals surface area contributed by atoms with Gasteiger partial charge in [-0.3, -0.25) is 0 Å². The highest BCUT2D eigenvalue weighted by atomic mass is 32.2. The highest BCUT2D eigenvalue weighted by Gasteiger charge is 2.14. The Morgan fingerprint density at radius 2 is 2.20 bits per heavy atom. The maximum absolute atomic E-state index is 11.2. The number of nitrogens with zero attached hydrogens (tertiary/aromatic N) is 1. The summed E-state index contributed by atoms with van der Waals surface area (Å²) in [5.74, 6) is 0.146. The third-order valence-corrected chi connectivity index (χ3v) is 2.63. The molecule has 1 aromatic carbocycles. The number of rotatable bonds is 3. The Balaban J connectivity index is 3.39. The molecule has 15 heavy (non-hydrogen) atoms. The van der Waals surface area contributed by atoms with Gasteiger partial charge in [0.1, 0.15) is 10.6 Å². The number of nitrogens with two attached hydrogens (primary N) is 1. The molecule has 1 aromatic rings. The highest BCUT2D eigenvalue weighted by molar-refractivity contribution is 7.89. The van der Waals surface area contributed by atoms with Gasteiger partial charge in [-0.1, -0.05) is 5.16 Å². The Hall–Kier alpha value is -1.60. The SMILES string of the molecule is COc1ccc(C=NO)cc1S(N)(=O)=O. The van der Waals surface area contributed by atoms with Gasteiger partial charge in [0.2, 0.25) is 10.0 Å². The van der Waals surface area contributed by atoms with Crippen LogP contribution in [-0.4, -0.2) is 26.9 Å². The number of benzene rings is 1. The second-order valence-corrected chi connectivity index (χ2v) is 4.23. The lowest BCUT2D eigenvalue weighted by Gasteiger charge is -2.06. The van der Waals surface area contributed by atoms with E-state index in [2.05, 4.69) is 5.16 Å². The average Bonchev–Trinajstić information content (AvgIpc) is 2.17. The molecule has 0 heterocycles. The summed E-state index contributed by atoms with van der Waals surface area (Å²) in [6.45, 7) is 0. The summed E-state index contributed by atoms with van der Waals surface area (Å²) in [5, 5.41) is 16.1. The second-order valence-electron chi connectivity index (χ2n) is 2.70. The van der Waals surface area contributed by atoms with Gasteiger partial charge in [-0.15, -0.1) is 0 Å². The van der Waals surface area contributed by atoms with Crippen molar-refractivity contribution in [3.63, 3.8) is 0 Å². The lowest BCUT2D eigenvalue weighted by molar-refractivity contribution is 0.322. The van der Waals surface area contributed by atoms with Crippen molar-refractivity contribution in [3.05, 3.63) is 23.8 Å². The van der Waals surface area contributed by atoms with Crippen molar-refractivity contribution in [1.29, 1.82) is 0 Å². The normalized spacial score (nSPS) is 11.9. The van der Waals surface area contributed by atoms with E-state index >= 15 is 0 Å². The summed E-state index contributed by atoms with van der Waals surface area (Å²) in [4.78, 5) is -0.151. The molecule has 0 spiro atoms. The van der Waals surface area contributed by atoms with E-state index in [0.29, 0.717) is 5.56 Å². The number of sulfonamides is 1. The van der Waals surface area contributed by atoms with Crippen LogP contribution in [0.2, 0.25) is 0 Å². The van der Waals surface area contributed by atoms with Crippen LogP contribution in [0.15, 0.2) is 28.3 Å². The lowest BCUT2D eigenvalue weighted by Crippen LogP contribution is -2.13. The molecule has 1 rings (SSSR count). The summed E-state index contributed by atoms with van der Waals surface area (Å²) >= 11 is 0. The van der Waals surface area contributed by atoms with E-state index in [-0.39, 0.29) is 10.6 Å². The lowest BCUT2D eigenvalue weighted by atomic mass is 10.2. The zero-order valence-electron chi connectivity index (χ0n) is 7.91. The van der Waals surface area contributed by atoms with E-state index in [1.54, 1.807) is 0 Å².